The summed E-state index contributed by atoms with van der Waals surface area (Å²) in [5.41, 5.74) is 6.25. The molecule has 2 atom stereocenters. The Morgan fingerprint density at radius 2 is 1.67 bits per heavy atom. The molecule has 0 aliphatic carbocycles. The lowest BCUT2D eigenvalue weighted by atomic mass is 9.78. The van der Waals surface area contributed by atoms with E-state index in [1.165, 1.54) is 36.8 Å². The standard InChI is InChI=1S/C20H29N/c1-13(2)18-9-6-10-19(14(3)4)20(18)15-11-16-7-5-8-17(12-15)21-16/h6,9-11,13-14,16-17,21H,5,7-8,12H2,1-4H3. The van der Waals surface area contributed by atoms with Gasteiger partial charge in [-0.2, -0.15) is 0 Å². The summed E-state index contributed by atoms with van der Waals surface area (Å²) in [5, 5.41) is 3.77. The van der Waals surface area contributed by atoms with Gasteiger partial charge in [-0.25, -0.2) is 0 Å². The predicted octanol–water partition coefficient (Wildman–Crippen LogP) is 5.23. The van der Waals surface area contributed by atoms with Crippen LogP contribution in [-0.4, -0.2) is 12.1 Å². The highest BCUT2D eigenvalue weighted by molar-refractivity contribution is 5.73. The Balaban J connectivity index is 2.09. The van der Waals surface area contributed by atoms with E-state index in [-0.39, 0.29) is 0 Å². The minimum absolute atomic E-state index is 0.592. The van der Waals surface area contributed by atoms with Crippen molar-refractivity contribution in [3.8, 4) is 0 Å². The fraction of sp³-hybridized carbons (Fsp3) is 0.600. The fourth-order valence-electron chi connectivity index (χ4n) is 4.03. The molecule has 1 aromatic carbocycles. The molecule has 1 fully saturated rings. The summed E-state index contributed by atoms with van der Waals surface area (Å²) in [6, 6.07) is 8.22. The third-order valence-corrected chi connectivity index (χ3v) is 5.08. The van der Waals surface area contributed by atoms with E-state index in [1.54, 1.807) is 11.1 Å². The highest BCUT2D eigenvalue weighted by atomic mass is 15.0. The molecule has 1 heteroatoms. The van der Waals surface area contributed by atoms with Crippen LogP contribution in [0.4, 0.5) is 0 Å². The normalized spacial score (nSPS) is 25.3. The number of nitrogens with one attached hydrogen (secondary N) is 1. The molecule has 1 aromatic rings. The largest absolute Gasteiger partial charge is 0.307 e. The third-order valence-electron chi connectivity index (χ3n) is 5.08. The van der Waals surface area contributed by atoms with Gasteiger partial charge in [-0.15, -0.1) is 0 Å². The van der Waals surface area contributed by atoms with Gasteiger partial charge in [0.2, 0.25) is 0 Å². The Morgan fingerprint density at radius 3 is 2.24 bits per heavy atom. The Labute approximate surface area is 129 Å². The molecule has 1 saturated heterocycles. The summed E-state index contributed by atoms with van der Waals surface area (Å²) in [6.07, 6.45) is 7.77. The van der Waals surface area contributed by atoms with Crippen LogP contribution in [0.15, 0.2) is 24.3 Å². The van der Waals surface area contributed by atoms with Crippen LogP contribution >= 0.6 is 0 Å². The predicted molar refractivity (Wildman–Crippen MR) is 91.8 cm³/mol. The summed E-state index contributed by atoms with van der Waals surface area (Å²) in [7, 11) is 0. The first-order valence-corrected chi connectivity index (χ1v) is 8.66. The molecule has 1 nitrogen and oxygen atoms in total. The molecular formula is C20H29N. The lowest BCUT2D eigenvalue weighted by Crippen LogP contribution is -2.44. The summed E-state index contributed by atoms with van der Waals surface area (Å²) >= 11 is 0. The van der Waals surface area contributed by atoms with E-state index in [0.717, 1.165) is 0 Å². The zero-order valence-electron chi connectivity index (χ0n) is 13.9. The van der Waals surface area contributed by atoms with Crippen molar-refractivity contribution < 1.29 is 0 Å². The molecule has 1 N–H and O–H groups in total. The summed E-state index contributed by atoms with van der Waals surface area (Å²) in [4.78, 5) is 0. The Kier molecular flexibility index (Phi) is 4.21. The minimum Gasteiger partial charge on any atom is -0.307 e. The van der Waals surface area contributed by atoms with Crippen molar-refractivity contribution in [2.24, 2.45) is 0 Å². The van der Waals surface area contributed by atoms with E-state index in [4.69, 9.17) is 0 Å². The average Bonchev–Trinajstić information content (AvgIpc) is 2.45. The molecule has 3 rings (SSSR count). The fourth-order valence-corrected chi connectivity index (χ4v) is 4.03. The lowest BCUT2D eigenvalue weighted by molar-refractivity contribution is 0.347. The van der Waals surface area contributed by atoms with Crippen molar-refractivity contribution in [1.82, 2.24) is 5.32 Å². The van der Waals surface area contributed by atoms with Crippen LogP contribution in [-0.2, 0) is 0 Å². The van der Waals surface area contributed by atoms with Gasteiger partial charge >= 0.3 is 0 Å². The first-order valence-electron chi connectivity index (χ1n) is 8.66. The molecule has 114 valence electrons. The zero-order valence-corrected chi connectivity index (χ0v) is 13.9. The van der Waals surface area contributed by atoms with Crippen molar-refractivity contribution >= 4 is 5.57 Å². The van der Waals surface area contributed by atoms with Gasteiger partial charge in [0.15, 0.2) is 0 Å². The summed E-state index contributed by atoms with van der Waals surface area (Å²) < 4.78 is 0. The van der Waals surface area contributed by atoms with Crippen LogP contribution in [0.1, 0.15) is 81.9 Å². The second kappa shape index (κ2) is 5.96. The van der Waals surface area contributed by atoms with Gasteiger partial charge in [0, 0.05) is 12.1 Å². The highest BCUT2D eigenvalue weighted by Crippen LogP contribution is 2.38. The minimum atomic E-state index is 0.592. The van der Waals surface area contributed by atoms with Gasteiger partial charge in [-0.3, -0.25) is 0 Å². The highest BCUT2D eigenvalue weighted by Gasteiger charge is 2.28. The molecule has 2 unspecified atom stereocenters. The molecule has 21 heavy (non-hydrogen) atoms. The van der Waals surface area contributed by atoms with Crippen LogP contribution in [0.25, 0.3) is 5.57 Å². The smallest absolute Gasteiger partial charge is 0.0258 e. The van der Waals surface area contributed by atoms with Crippen LogP contribution < -0.4 is 5.32 Å². The average molecular weight is 283 g/mol. The molecule has 0 amide bonds. The Bertz CT molecular complexity index is 513. The van der Waals surface area contributed by atoms with E-state index in [2.05, 4.69) is 57.3 Å². The van der Waals surface area contributed by atoms with Gasteiger partial charge in [-0.05, 0) is 53.4 Å². The maximum atomic E-state index is 3.77. The monoisotopic (exact) mass is 283 g/mol. The van der Waals surface area contributed by atoms with E-state index in [0.29, 0.717) is 23.9 Å². The topological polar surface area (TPSA) is 12.0 Å². The molecule has 0 spiro atoms. The summed E-state index contributed by atoms with van der Waals surface area (Å²) in [5.74, 6) is 1.18. The maximum absolute atomic E-state index is 3.77. The zero-order chi connectivity index (χ0) is 15.0. The van der Waals surface area contributed by atoms with Crippen LogP contribution in [0.3, 0.4) is 0 Å². The lowest BCUT2D eigenvalue weighted by Gasteiger charge is -2.36. The van der Waals surface area contributed by atoms with Crippen LogP contribution in [0.2, 0.25) is 0 Å². The second-order valence-corrected chi connectivity index (χ2v) is 7.42. The SMILES string of the molecule is CC(C)c1cccc(C(C)C)c1C1=CC2CCCC(C1)N2. The molecule has 2 bridgehead atoms. The second-order valence-electron chi connectivity index (χ2n) is 7.42. The molecule has 2 heterocycles. The number of piperidine rings is 1. The molecule has 0 aromatic heterocycles. The number of rotatable bonds is 3. The van der Waals surface area contributed by atoms with Gasteiger partial charge in [-0.1, -0.05) is 58.4 Å². The van der Waals surface area contributed by atoms with Crippen molar-refractivity contribution in [2.45, 2.75) is 77.3 Å². The van der Waals surface area contributed by atoms with Crippen LogP contribution in [0, 0.1) is 0 Å². The number of hydrogen-bond donors (Lipinski definition) is 1. The number of benzene rings is 1. The molecule has 2 aliphatic rings. The molecular weight excluding hydrogens is 254 g/mol. The van der Waals surface area contributed by atoms with Crippen molar-refractivity contribution in [3.05, 3.63) is 41.0 Å². The quantitative estimate of drug-likeness (QED) is 0.800. The first-order chi connectivity index (χ1) is 10.1. The van der Waals surface area contributed by atoms with E-state index < -0.39 is 0 Å². The van der Waals surface area contributed by atoms with E-state index >= 15 is 0 Å². The number of fused-ring (bicyclic) bond motifs is 2. The maximum Gasteiger partial charge on any atom is 0.0258 e. The van der Waals surface area contributed by atoms with Crippen LogP contribution in [0.5, 0.6) is 0 Å². The van der Waals surface area contributed by atoms with Crippen molar-refractivity contribution in [1.29, 1.82) is 0 Å². The number of hydrogen-bond acceptors (Lipinski definition) is 1. The van der Waals surface area contributed by atoms with Gasteiger partial charge in [0.25, 0.3) is 0 Å². The van der Waals surface area contributed by atoms with Gasteiger partial charge in [0.05, 0.1) is 0 Å². The van der Waals surface area contributed by atoms with Crippen molar-refractivity contribution in [3.63, 3.8) is 0 Å². The molecule has 0 saturated carbocycles. The molecule has 2 aliphatic heterocycles. The van der Waals surface area contributed by atoms with Gasteiger partial charge in [0.1, 0.15) is 0 Å². The summed E-state index contributed by atoms with van der Waals surface area (Å²) in [6.45, 7) is 9.30. The molecule has 0 radical (unpaired) electrons. The third kappa shape index (κ3) is 2.94. The first kappa shape index (κ1) is 14.8. The van der Waals surface area contributed by atoms with Gasteiger partial charge < -0.3 is 5.32 Å². The Hall–Kier alpha value is -1.08. The Morgan fingerprint density at radius 1 is 1.00 bits per heavy atom. The van der Waals surface area contributed by atoms with E-state index in [9.17, 15) is 0 Å². The van der Waals surface area contributed by atoms with E-state index in [1.807, 2.05) is 0 Å². The van der Waals surface area contributed by atoms with Crippen molar-refractivity contribution in [2.75, 3.05) is 0 Å².